The van der Waals surface area contributed by atoms with Gasteiger partial charge in [-0.2, -0.15) is 0 Å². The number of carboxylic acids is 1. The summed E-state index contributed by atoms with van der Waals surface area (Å²) in [5.74, 6) is -0.264. The first kappa shape index (κ1) is 35.4. The smallest absolute Gasteiger partial charge is 0.338 e. The number of unbranched alkanes of at least 4 members (excludes halogenated alkanes) is 4. The number of hydrogen-bond donors (Lipinski definition) is 1. The largest absolute Gasteiger partial charge is 0.479 e. The van der Waals surface area contributed by atoms with Crippen molar-refractivity contribution in [2.75, 3.05) is 13.2 Å². The Labute approximate surface area is 273 Å². The molecule has 0 spiro atoms. The van der Waals surface area contributed by atoms with Crippen LogP contribution in [0.25, 0.3) is 11.1 Å². The number of carboxylic acid groups (broad SMARTS) is 1. The molecular weight excluding hydrogens is 584 g/mol. The highest BCUT2D eigenvalue weighted by Crippen LogP contribution is 2.40. The maximum Gasteiger partial charge on any atom is 0.338 e. The summed E-state index contributed by atoms with van der Waals surface area (Å²) in [6, 6.07) is 16.4. The van der Waals surface area contributed by atoms with Gasteiger partial charge < -0.3 is 24.1 Å². The third-order valence-electron chi connectivity index (χ3n) is 9.50. The third kappa shape index (κ3) is 10.0. The van der Waals surface area contributed by atoms with Gasteiger partial charge in [0.15, 0.2) is 18.5 Å². The van der Waals surface area contributed by atoms with Crippen molar-refractivity contribution in [1.82, 2.24) is 0 Å². The summed E-state index contributed by atoms with van der Waals surface area (Å²) in [6.45, 7) is 8.46. The topological polar surface area (TPSA) is 108 Å². The van der Waals surface area contributed by atoms with E-state index in [-0.39, 0.29) is 12.6 Å². The number of hydrogen-bond acceptors (Lipinski definition) is 7. The van der Waals surface area contributed by atoms with E-state index in [2.05, 4.69) is 37.8 Å². The molecular formula is C38H50O8. The highest BCUT2D eigenvalue weighted by Gasteiger charge is 2.46. The minimum absolute atomic E-state index is 0.223. The maximum absolute atomic E-state index is 12.4. The standard InChI is InChI=1S/C38H50O8/c1-4-6-24-44-37(42)35-34(36(40)41)45-38(46-35)32-22-20-31(21-23-32)30-18-16-29(17-19-30)26(3)28-14-12-27(13-15-28)11-9-7-8-10-25-43-33(39)5-2/h5,16-23,26-28,34-35,38H,2,4,6-15,24-25H2,1,3H3,(H,40,41)/t26?,27?,28?,34-,35-,38?/m1/s1. The molecule has 0 aromatic heterocycles. The zero-order chi connectivity index (χ0) is 32.9. The Hall–Kier alpha value is -3.49. The third-order valence-corrected chi connectivity index (χ3v) is 9.50. The van der Waals surface area contributed by atoms with Crippen LogP contribution in [0.3, 0.4) is 0 Å². The number of carbonyl (C=O) groups is 3. The predicted molar refractivity (Wildman–Crippen MR) is 176 cm³/mol. The van der Waals surface area contributed by atoms with Crippen LogP contribution in [0.1, 0.15) is 108 Å². The van der Waals surface area contributed by atoms with Gasteiger partial charge in [0.1, 0.15) is 0 Å². The zero-order valence-corrected chi connectivity index (χ0v) is 27.4. The predicted octanol–water partition coefficient (Wildman–Crippen LogP) is 8.15. The van der Waals surface area contributed by atoms with Gasteiger partial charge in [0.05, 0.1) is 13.2 Å². The molecule has 4 atom stereocenters. The Morgan fingerprint density at radius 3 is 2.09 bits per heavy atom. The number of esters is 2. The molecule has 1 N–H and O–H groups in total. The minimum atomic E-state index is -1.42. The summed E-state index contributed by atoms with van der Waals surface area (Å²) in [7, 11) is 0. The molecule has 1 aliphatic heterocycles. The molecule has 0 amide bonds. The van der Waals surface area contributed by atoms with E-state index < -0.39 is 30.4 Å². The average Bonchev–Trinajstić information content (AvgIpc) is 3.54. The van der Waals surface area contributed by atoms with Crippen molar-refractivity contribution in [3.63, 3.8) is 0 Å². The molecule has 2 unspecified atom stereocenters. The lowest BCUT2D eigenvalue weighted by atomic mass is 9.73. The average molecular weight is 635 g/mol. The van der Waals surface area contributed by atoms with Gasteiger partial charge in [0.25, 0.3) is 0 Å². The highest BCUT2D eigenvalue weighted by atomic mass is 16.7. The molecule has 2 aromatic rings. The van der Waals surface area contributed by atoms with Crippen molar-refractivity contribution < 1.29 is 38.4 Å². The molecule has 0 radical (unpaired) electrons. The molecule has 4 rings (SSSR count). The van der Waals surface area contributed by atoms with E-state index >= 15 is 0 Å². The first-order valence-electron chi connectivity index (χ1n) is 17.0. The van der Waals surface area contributed by atoms with Gasteiger partial charge in [-0.1, -0.05) is 114 Å². The Bertz CT molecular complexity index is 1260. The van der Waals surface area contributed by atoms with Crippen molar-refractivity contribution >= 4 is 17.9 Å². The van der Waals surface area contributed by atoms with Gasteiger partial charge in [-0.3, -0.25) is 0 Å². The van der Waals surface area contributed by atoms with E-state index in [9.17, 15) is 19.5 Å². The lowest BCUT2D eigenvalue weighted by Crippen LogP contribution is -2.38. The first-order chi connectivity index (χ1) is 22.3. The fourth-order valence-corrected chi connectivity index (χ4v) is 6.55. The van der Waals surface area contributed by atoms with E-state index in [1.54, 1.807) is 0 Å². The quantitative estimate of drug-likeness (QED) is 0.106. The summed E-state index contributed by atoms with van der Waals surface area (Å²) < 4.78 is 21.6. The molecule has 2 aliphatic rings. The van der Waals surface area contributed by atoms with E-state index in [4.69, 9.17) is 18.9 Å². The van der Waals surface area contributed by atoms with Crippen molar-refractivity contribution in [3.05, 3.63) is 72.3 Å². The van der Waals surface area contributed by atoms with Crippen LogP contribution >= 0.6 is 0 Å². The molecule has 0 bridgehead atoms. The molecule has 2 aromatic carbocycles. The lowest BCUT2D eigenvalue weighted by Gasteiger charge is -2.32. The maximum atomic E-state index is 12.4. The van der Waals surface area contributed by atoms with E-state index in [0.29, 0.717) is 30.4 Å². The molecule has 1 saturated carbocycles. The van der Waals surface area contributed by atoms with Crippen LogP contribution in [0, 0.1) is 11.8 Å². The molecule has 1 heterocycles. The van der Waals surface area contributed by atoms with E-state index in [1.807, 2.05) is 31.2 Å². The molecule has 2 fully saturated rings. The van der Waals surface area contributed by atoms with Gasteiger partial charge in [0.2, 0.25) is 0 Å². The van der Waals surface area contributed by atoms with Crippen molar-refractivity contribution in [2.24, 2.45) is 11.8 Å². The monoisotopic (exact) mass is 634 g/mol. The Balaban J connectivity index is 1.22. The van der Waals surface area contributed by atoms with Crippen LogP contribution in [0.15, 0.2) is 61.2 Å². The second-order valence-corrected chi connectivity index (χ2v) is 12.7. The summed E-state index contributed by atoms with van der Waals surface area (Å²) in [5.41, 5.74) is 4.14. The summed E-state index contributed by atoms with van der Waals surface area (Å²) in [5, 5.41) is 9.57. The summed E-state index contributed by atoms with van der Waals surface area (Å²) >= 11 is 0. The van der Waals surface area contributed by atoms with Crippen molar-refractivity contribution in [1.29, 1.82) is 0 Å². The second kappa shape index (κ2) is 18.0. The second-order valence-electron chi connectivity index (χ2n) is 12.7. The number of rotatable bonds is 17. The van der Waals surface area contributed by atoms with Crippen LogP contribution in [0.4, 0.5) is 0 Å². The number of ether oxygens (including phenoxy) is 4. The van der Waals surface area contributed by atoms with Crippen LogP contribution < -0.4 is 0 Å². The SMILES string of the molecule is C=CC(=O)OCCCCCCC1CCC(C(C)c2ccc(-c3ccc(C4O[C@@H](C(=O)O)[C@H](C(=O)OCCCC)O4)cc3)cc2)CC1. The normalized spacial score (nSPS) is 23.4. The van der Waals surface area contributed by atoms with Crippen LogP contribution in [0.5, 0.6) is 0 Å². The minimum Gasteiger partial charge on any atom is -0.479 e. The van der Waals surface area contributed by atoms with Crippen molar-refractivity contribution in [2.45, 2.75) is 109 Å². The van der Waals surface area contributed by atoms with Crippen LogP contribution in [0.2, 0.25) is 0 Å². The van der Waals surface area contributed by atoms with Gasteiger partial charge in [-0.05, 0) is 60.1 Å². The Morgan fingerprint density at radius 1 is 0.848 bits per heavy atom. The van der Waals surface area contributed by atoms with Gasteiger partial charge in [0, 0.05) is 11.6 Å². The van der Waals surface area contributed by atoms with Gasteiger partial charge >= 0.3 is 17.9 Å². The first-order valence-corrected chi connectivity index (χ1v) is 17.0. The Morgan fingerprint density at radius 2 is 1.46 bits per heavy atom. The number of benzene rings is 2. The van der Waals surface area contributed by atoms with E-state index in [1.165, 1.54) is 56.6 Å². The van der Waals surface area contributed by atoms with Gasteiger partial charge in [-0.15, -0.1) is 0 Å². The number of aliphatic carboxylic acids is 1. The molecule has 46 heavy (non-hydrogen) atoms. The fraction of sp³-hybridized carbons (Fsp3) is 0.553. The van der Waals surface area contributed by atoms with Crippen molar-refractivity contribution in [3.8, 4) is 11.1 Å². The molecule has 1 saturated heterocycles. The molecule has 250 valence electrons. The van der Waals surface area contributed by atoms with Crippen LogP contribution in [-0.4, -0.2) is 48.4 Å². The van der Waals surface area contributed by atoms with Gasteiger partial charge in [-0.25, -0.2) is 14.4 Å². The lowest BCUT2D eigenvalue weighted by molar-refractivity contribution is -0.161. The Kier molecular flexibility index (Phi) is 13.8. The number of carbonyl (C=O) groups excluding carboxylic acids is 2. The molecule has 8 heteroatoms. The highest BCUT2D eigenvalue weighted by molar-refractivity contribution is 5.85. The summed E-state index contributed by atoms with van der Waals surface area (Å²) in [4.78, 5) is 35.3. The zero-order valence-electron chi connectivity index (χ0n) is 27.4. The van der Waals surface area contributed by atoms with E-state index in [0.717, 1.165) is 36.3 Å². The van der Waals surface area contributed by atoms with Crippen LogP contribution in [-0.2, 0) is 33.3 Å². The fourth-order valence-electron chi connectivity index (χ4n) is 6.55. The molecule has 8 nitrogen and oxygen atoms in total. The summed E-state index contributed by atoms with van der Waals surface area (Å²) in [6.07, 6.45) is 10.0. The molecule has 1 aliphatic carbocycles.